The lowest BCUT2D eigenvalue weighted by atomic mass is 10.2. The molecule has 0 aliphatic carbocycles. The molecule has 0 aromatic carbocycles. The third kappa shape index (κ3) is 3.11. The van der Waals surface area contributed by atoms with Crippen LogP contribution in [0.15, 0.2) is 30.7 Å². The zero-order chi connectivity index (χ0) is 15.4. The normalized spacial score (nSPS) is 12.1. The second kappa shape index (κ2) is 6.23. The lowest BCUT2D eigenvalue weighted by Crippen LogP contribution is -2.41. The largest absolute Gasteiger partial charge is 0.480 e. The van der Waals surface area contributed by atoms with Gasteiger partial charge in [0.2, 0.25) is 0 Å². The summed E-state index contributed by atoms with van der Waals surface area (Å²) in [6, 6.07) is 2.47. The van der Waals surface area contributed by atoms with E-state index in [0.717, 1.165) is 0 Å². The molecule has 1 atom stereocenters. The first-order chi connectivity index (χ1) is 10.0. The maximum absolute atomic E-state index is 12.2. The van der Waals surface area contributed by atoms with Crippen LogP contribution in [0, 0.1) is 0 Å². The smallest absolute Gasteiger partial charge is 0.326 e. The van der Waals surface area contributed by atoms with Crippen molar-refractivity contribution in [3.63, 3.8) is 0 Å². The quantitative estimate of drug-likeness (QED) is 0.681. The average molecular weight is 292 g/mol. The van der Waals surface area contributed by atoms with E-state index in [-0.39, 0.29) is 18.6 Å². The van der Waals surface area contributed by atoms with Crippen LogP contribution in [-0.4, -0.2) is 49.1 Å². The molecule has 2 rings (SSSR count). The van der Waals surface area contributed by atoms with Crippen molar-refractivity contribution < 1.29 is 19.8 Å². The van der Waals surface area contributed by atoms with Crippen LogP contribution in [-0.2, 0) is 11.8 Å². The van der Waals surface area contributed by atoms with Crippen molar-refractivity contribution >= 4 is 11.9 Å². The van der Waals surface area contributed by atoms with E-state index in [1.54, 1.807) is 36.1 Å². The van der Waals surface area contributed by atoms with Crippen LogP contribution in [0.1, 0.15) is 16.8 Å². The number of rotatable bonds is 6. The molecule has 8 nitrogen and oxygen atoms in total. The molecule has 3 N–H and O–H groups in total. The fourth-order valence-corrected chi connectivity index (χ4v) is 2.00. The highest BCUT2D eigenvalue weighted by Crippen LogP contribution is 2.14. The minimum atomic E-state index is -1.19. The van der Waals surface area contributed by atoms with Gasteiger partial charge in [-0.2, -0.15) is 5.10 Å². The minimum absolute atomic E-state index is 0.0554. The molecule has 0 aliphatic rings. The summed E-state index contributed by atoms with van der Waals surface area (Å²) in [5.41, 5.74) is 0.262. The molecule has 2 aromatic rings. The van der Waals surface area contributed by atoms with Gasteiger partial charge in [-0.15, -0.1) is 0 Å². The van der Waals surface area contributed by atoms with E-state index in [0.29, 0.717) is 5.82 Å². The summed E-state index contributed by atoms with van der Waals surface area (Å²) >= 11 is 0. The Morgan fingerprint density at radius 2 is 2.05 bits per heavy atom. The molecular weight excluding hydrogens is 276 g/mol. The number of carbonyl (C=O) groups is 2. The lowest BCUT2D eigenvalue weighted by Gasteiger charge is -2.13. The van der Waals surface area contributed by atoms with Gasteiger partial charge in [0.05, 0.1) is 6.20 Å². The SMILES string of the molecule is Cn1ncc(C(=O)NC(CCO)C(=O)O)c1-n1cccc1. The number of carboxylic acid groups (broad SMARTS) is 1. The molecule has 0 saturated heterocycles. The zero-order valence-corrected chi connectivity index (χ0v) is 11.4. The molecule has 8 heteroatoms. The third-order valence-corrected chi connectivity index (χ3v) is 3.02. The van der Waals surface area contributed by atoms with Crippen LogP contribution in [0.5, 0.6) is 0 Å². The predicted molar refractivity (Wildman–Crippen MR) is 73.1 cm³/mol. The van der Waals surface area contributed by atoms with Crippen molar-refractivity contribution in [2.75, 3.05) is 6.61 Å². The lowest BCUT2D eigenvalue weighted by molar-refractivity contribution is -0.139. The number of hydrogen-bond donors (Lipinski definition) is 3. The number of aliphatic carboxylic acids is 1. The van der Waals surface area contributed by atoms with Crippen LogP contribution in [0.3, 0.4) is 0 Å². The van der Waals surface area contributed by atoms with Crippen molar-refractivity contribution in [2.45, 2.75) is 12.5 Å². The molecule has 0 aliphatic heterocycles. The summed E-state index contributed by atoms with van der Waals surface area (Å²) in [5.74, 6) is -1.21. The predicted octanol–water partition coefficient (Wildman–Crippen LogP) is -0.224. The number of carbonyl (C=O) groups excluding carboxylic acids is 1. The molecule has 2 heterocycles. The summed E-state index contributed by atoms with van der Waals surface area (Å²) < 4.78 is 3.24. The van der Waals surface area contributed by atoms with Crippen molar-refractivity contribution in [1.29, 1.82) is 0 Å². The van der Waals surface area contributed by atoms with Crippen LogP contribution in [0.4, 0.5) is 0 Å². The second-order valence-corrected chi connectivity index (χ2v) is 4.47. The first kappa shape index (κ1) is 14.8. The van der Waals surface area contributed by atoms with E-state index in [1.165, 1.54) is 10.9 Å². The molecule has 21 heavy (non-hydrogen) atoms. The summed E-state index contributed by atoms with van der Waals surface area (Å²) in [5, 5.41) is 24.3. The Balaban J connectivity index is 2.26. The monoisotopic (exact) mass is 292 g/mol. The molecule has 0 radical (unpaired) electrons. The highest BCUT2D eigenvalue weighted by atomic mass is 16.4. The van der Waals surface area contributed by atoms with Crippen molar-refractivity contribution in [3.8, 4) is 5.82 Å². The van der Waals surface area contributed by atoms with Gasteiger partial charge in [-0.25, -0.2) is 4.79 Å². The molecule has 1 amide bonds. The number of amides is 1. The van der Waals surface area contributed by atoms with Gasteiger partial charge in [0, 0.05) is 32.5 Å². The van der Waals surface area contributed by atoms with Gasteiger partial charge in [-0.1, -0.05) is 0 Å². The van der Waals surface area contributed by atoms with Gasteiger partial charge in [0.15, 0.2) is 0 Å². The number of hydrogen-bond acceptors (Lipinski definition) is 4. The Morgan fingerprint density at radius 3 is 2.62 bits per heavy atom. The Bertz CT molecular complexity index is 633. The molecule has 0 bridgehead atoms. The van der Waals surface area contributed by atoms with E-state index in [2.05, 4.69) is 10.4 Å². The number of carboxylic acids is 1. The zero-order valence-electron chi connectivity index (χ0n) is 11.4. The maximum Gasteiger partial charge on any atom is 0.326 e. The fourth-order valence-electron chi connectivity index (χ4n) is 2.00. The van der Waals surface area contributed by atoms with E-state index in [1.807, 2.05) is 0 Å². The molecule has 0 saturated carbocycles. The molecule has 112 valence electrons. The fraction of sp³-hybridized carbons (Fsp3) is 0.308. The standard InChI is InChI=1S/C13H16N4O4/c1-16-12(17-5-2-3-6-17)9(8-14-16)11(19)15-10(4-7-18)13(20)21/h2-3,5-6,8,10,18H,4,7H2,1H3,(H,15,19)(H,20,21). The second-order valence-electron chi connectivity index (χ2n) is 4.47. The number of aryl methyl sites for hydroxylation is 1. The Kier molecular flexibility index (Phi) is 4.39. The van der Waals surface area contributed by atoms with E-state index in [9.17, 15) is 9.59 Å². The van der Waals surface area contributed by atoms with Crippen molar-refractivity contribution in [2.24, 2.45) is 7.05 Å². The van der Waals surface area contributed by atoms with Gasteiger partial charge in [-0.3, -0.25) is 9.48 Å². The van der Waals surface area contributed by atoms with Gasteiger partial charge in [0.1, 0.15) is 17.4 Å². The van der Waals surface area contributed by atoms with Gasteiger partial charge >= 0.3 is 5.97 Å². The number of aliphatic hydroxyl groups excluding tert-OH is 1. The Morgan fingerprint density at radius 1 is 1.38 bits per heavy atom. The molecule has 2 aromatic heterocycles. The van der Waals surface area contributed by atoms with Crippen molar-refractivity contribution in [1.82, 2.24) is 19.7 Å². The minimum Gasteiger partial charge on any atom is -0.480 e. The summed E-state index contributed by atoms with van der Waals surface area (Å²) in [6.07, 6.45) is 4.84. The van der Waals surface area contributed by atoms with Crippen LogP contribution in [0.2, 0.25) is 0 Å². The summed E-state index contributed by atoms with van der Waals surface area (Å²) in [4.78, 5) is 23.3. The van der Waals surface area contributed by atoms with Gasteiger partial charge in [0.25, 0.3) is 5.91 Å². The van der Waals surface area contributed by atoms with Crippen LogP contribution < -0.4 is 5.32 Å². The first-order valence-electron chi connectivity index (χ1n) is 6.34. The number of aromatic nitrogens is 3. The van der Waals surface area contributed by atoms with Crippen LogP contribution in [0.25, 0.3) is 5.82 Å². The first-order valence-corrected chi connectivity index (χ1v) is 6.34. The highest BCUT2D eigenvalue weighted by Gasteiger charge is 2.23. The Labute approximate surface area is 120 Å². The van der Waals surface area contributed by atoms with E-state index < -0.39 is 17.9 Å². The summed E-state index contributed by atoms with van der Waals surface area (Å²) in [7, 11) is 1.69. The summed E-state index contributed by atoms with van der Waals surface area (Å²) in [6.45, 7) is -0.325. The molecule has 0 fully saturated rings. The molecule has 0 spiro atoms. The Hall–Kier alpha value is -2.61. The maximum atomic E-state index is 12.2. The topological polar surface area (TPSA) is 109 Å². The van der Waals surface area contributed by atoms with E-state index in [4.69, 9.17) is 10.2 Å². The number of aliphatic hydroxyl groups is 1. The number of nitrogens with one attached hydrogen (secondary N) is 1. The third-order valence-electron chi connectivity index (χ3n) is 3.02. The van der Waals surface area contributed by atoms with Gasteiger partial charge < -0.3 is 20.1 Å². The van der Waals surface area contributed by atoms with Gasteiger partial charge in [-0.05, 0) is 12.1 Å². The van der Waals surface area contributed by atoms with Crippen molar-refractivity contribution in [3.05, 3.63) is 36.3 Å². The molecular formula is C13H16N4O4. The number of nitrogens with zero attached hydrogens (tertiary/aromatic N) is 3. The molecule has 1 unspecified atom stereocenters. The highest BCUT2D eigenvalue weighted by molar-refractivity contribution is 5.99. The van der Waals surface area contributed by atoms with Crippen LogP contribution >= 0.6 is 0 Å². The van der Waals surface area contributed by atoms with E-state index >= 15 is 0 Å². The average Bonchev–Trinajstić information content (AvgIpc) is 3.06.